The lowest BCUT2D eigenvalue weighted by atomic mass is 10.1. The third-order valence-electron chi connectivity index (χ3n) is 4.82. The SMILES string of the molecule is CSc1ccc(S(=O)(=O)Nc2ccc(C(F)(F)F)cc2)cc1C(=O)N1CCCCC1. The maximum Gasteiger partial charge on any atom is 0.416 e. The molecule has 30 heavy (non-hydrogen) atoms. The Bertz CT molecular complexity index is 1020. The molecule has 2 aromatic carbocycles. The largest absolute Gasteiger partial charge is 0.416 e. The number of benzene rings is 2. The van der Waals surface area contributed by atoms with Gasteiger partial charge in [-0.25, -0.2) is 8.42 Å². The number of likely N-dealkylation sites (tertiary alicyclic amines) is 1. The summed E-state index contributed by atoms with van der Waals surface area (Å²) in [5, 5.41) is 0. The average molecular weight is 459 g/mol. The second-order valence-electron chi connectivity index (χ2n) is 6.90. The number of hydrogen-bond donors (Lipinski definition) is 1. The maximum atomic E-state index is 12.9. The summed E-state index contributed by atoms with van der Waals surface area (Å²) in [5.74, 6) is -0.217. The summed E-state index contributed by atoms with van der Waals surface area (Å²) >= 11 is 1.35. The molecule has 1 saturated heterocycles. The van der Waals surface area contributed by atoms with Crippen LogP contribution in [0.5, 0.6) is 0 Å². The Morgan fingerprint density at radius 3 is 2.23 bits per heavy atom. The van der Waals surface area contributed by atoms with Gasteiger partial charge < -0.3 is 4.90 Å². The van der Waals surface area contributed by atoms with Gasteiger partial charge in [-0.15, -0.1) is 11.8 Å². The molecule has 1 aliphatic heterocycles. The highest BCUT2D eigenvalue weighted by Crippen LogP contribution is 2.31. The molecule has 0 saturated carbocycles. The number of hydrogen-bond acceptors (Lipinski definition) is 4. The molecule has 0 unspecified atom stereocenters. The molecule has 0 aromatic heterocycles. The van der Waals surface area contributed by atoms with E-state index in [-0.39, 0.29) is 16.5 Å². The minimum Gasteiger partial charge on any atom is -0.339 e. The Labute approximate surface area is 177 Å². The van der Waals surface area contributed by atoms with Gasteiger partial charge in [-0.05, 0) is 68.0 Å². The summed E-state index contributed by atoms with van der Waals surface area (Å²) in [6, 6.07) is 8.00. The molecule has 1 fully saturated rings. The van der Waals surface area contributed by atoms with Crippen LogP contribution in [-0.4, -0.2) is 38.6 Å². The first-order valence-electron chi connectivity index (χ1n) is 9.29. The van der Waals surface area contributed by atoms with E-state index in [1.54, 1.807) is 17.2 Å². The van der Waals surface area contributed by atoms with E-state index in [9.17, 15) is 26.4 Å². The van der Waals surface area contributed by atoms with Crippen LogP contribution in [0, 0.1) is 0 Å². The molecular weight excluding hydrogens is 437 g/mol. The van der Waals surface area contributed by atoms with Gasteiger partial charge in [0.25, 0.3) is 15.9 Å². The Kier molecular flexibility index (Phi) is 6.66. The average Bonchev–Trinajstić information content (AvgIpc) is 2.73. The minimum absolute atomic E-state index is 0.000787. The number of amides is 1. The molecule has 162 valence electrons. The van der Waals surface area contributed by atoms with Gasteiger partial charge in [-0.1, -0.05) is 0 Å². The molecule has 1 N–H and O–H groups in total. The number of alkyl halides is 3. The van der Waals surface area contributed by atoms with Crippen molar-refractivity contribution in [2.24, 2.45) is 0 Å². The van der Waals surface area contributed by atoms with Crippen LogP contribution in [0.2, 0.25) is 0 Å². The molecule has 2 aromatic rings. The lowest BCUT2D eigenvalue weighted by molar-refractivity contribution is -0.137. The Hall–Kier alpha value is -2.20. The molecule has 10 heteroatoms. The Morgan fingerprint density at radius 1 is 1.03 bits per heavy atom. The van der Waals surface area contributed by atoms with Crippen molar-refractivity contribution in [3.05, 3.63) is 53.6 Å². The van der Waals surface area contributed by atoms with Crippen LogP contribution in [0.1, 0.15) is 35.2 Å². The van der Waals surface area contributed by atoms with E-state index in [0.29, 0.717) is 23.5 Å². The topological polar surface area (TPSA) is 66.5 Å². The summed E-state index contributed by atoms with van der Waals surface area (Å²) in [4.78, 5) is 15.2. The normalized spacial score (nSPS) is 15.1. The van der Waals surface area contributed by atoms with Gasteiger partial charge in [0.1, 0.15) is 0 Å². The molecule has 0 spiro atoms. The van der Waals surface area contributed by atoms with Crippen molar-refractivity contribution >= 4 is 33.4 Å². The molecule has 0 aliphatic carbocycles. The van der Waals surface area contributed by atoms with Gasteiger partial charge in [0.2, 0.25) is 0 Å². The Morgan fingerprint density at radius 2 is 1.67 bits per heavy atom. The van der Waals surface area contributed by atoms with Gasteiger partial charge in [0.05, 0.1) is 16.0 Å². The van der Waals surface area contributed by atoms with Crippen molar-refractivity contribution in [1.29, 1.82) is 0 Å². The predicted molar refractivity (Wildman–Crippen MR) is 110 cm³/mol. The zero-order chi connectivity index (χ0) is 21.9. The highest BCUT2D eigenvalue weighted by atomic mass is 32.2. The zero-order valence-corrected chi connectivity index (χ0v) is 17.8. The van der Waals surface area contributed by atoms with Crippen LogP contribution >= 0.6 is 11.8 Å². The van der Waals surface area contributed by atoms with Crippen LogP contribution in [0.25, 0.3) is 0 Å². The van der Waals surface area contributed by atoms with Gasteiger partial charge in [0.15, 0.2) is 0 Å². The van der Waals surface area contributed by atoms with Crippen molar-refractivity contribution in [2.45, 2.75) is 35.2 Å². The molecule has 0 bridgehead atoms. The monoisotopic (exact) mass is 458 g/mol. The first-order valence-corrected chi connectivity index (χ1v) is 12.0. The number of rotatable bonds is 5. The van der Waals surface area contributed by atoms with Crippen molar-refractivity contribution in [3.63, 3.8) is 0 Å². The molecular formula is C20H21F3N2O3S2. The van der Waals surface area contributed by atoms with Gasteiger partial charge >= 0.3 is 6.18 Å². The smallest absolute Gasteiger partial charge is 0.339 e. The minimum atomic E-state index is -4.51. The number of carbonyl (C=O) groups excluding carboxylic acids is 1. The highest BCUT2D eigenvalue weighted by Gasteiger charge is 2.30. The summed E-state index contributed by atoms with van der Waals surface area (Å²) in [5.41, 5.74) is -0.565. The molecule has 1 amide bonds. The van der Waals surface area contributed by atoms with Crippen LogP contribution in [0.15, 0.2) is 52.3 Å². The number of nitrogens with zero attached hydrogens (tertiary/aromatic N) is 1. The maximum absolute atomic E-state index is 12.9. The molecule has 0 radical (unpaired) electrons. The van der Waals surface area contributed by atoms with Crippen molar-refractivity contribution in [3.8, 4) is 0 Å². The van der Waals surface area contributed by atoms with Crippen molar-refractivity contribution < 1.29 is 26.4 Å². The first kappa shape index (κ1) is 22.5. The van der Waals surface area contributed by atoms with Crippen LogP contribution in [-0.2, 0) is 16.2 Å². The number of sulfonamides is 1. The van der Waals surface area contributed by atoms with Crippen molar-refractivity contribution in [2.75, 3.05) is 24.1 Å². The number of piperidine rings is 1. The summed E-state index contributed by atoms with van der Waals surface area (Å²) < 4.78 is 65.9. The van der Waals surface area contributed by atoms with E-state index in [2.05, 4.69) is 4.72 Å². The van der Waals surface area contributed by atoms with Crippen LogP contribution < -0.4 is 4.72 Å². The number of anilines is 1. The van der Waals surface area contributed by atoms with E-state index in [1.165, 1.54) is 23.9 Å². The van der Waals surface area contributed by atoms with Gasteiger partial charge in [0, 0.05) is 23.7 Å². The van der Waals surface area contributed by atoms with Crippen molar-refractivity contribution in [1.82, 2.24) is 4.90 Å². The third kappa shape index (κ3) is 5.10. The van der Waals surface area contributed by atoms with E-state index < -0.39 is 21.8 Å². The Balaban J connectivity index is 1.87. The van der Waals surface area contributed by atoms with E-state index >= 15 is 0 Å². The third-order valence-corrected chi connectivity index (χ3v) is 6.99. The number of carbonyl (C=O) groups is 1. The van der Waals surface area contributed by atoms with E-state index in [4.69, 9.17) is 0 Å². The zero-order valence-electron chi connectivity index (χ0n) is 16.2. The number of halogens is 3. The molecule has 1 aliphatic rings. The molecule has 3 rings (SSSR count). The fraction of sp³-hybridized carbons (Fsp3) is 0.350. The van der Waals surface area contributed by atoms with Crippen LogP contribution in [0.3, 0.4) is 0 Å². The molecule has 5 nitrogen and oxygen atoms in total. The quantitative estimate of drug-likeness (QED) is 0.651. The lowest BCUT2D eigenvalue weighted by Gasteiger charge is -2.27. The summed E-state index contributed by atoms with van der Waals surface area (Å²) in [6.45, 7) is 1.26. The number of thioether (sulfide) groups is 1. The van der Waals surface area contributed by atoms with Gasteiger partial charge in [-0.2, -0.15) is 13.2 Å². The van der Waals surface area contributed by atoms with E-state index in [1.807, 2.05) is 0 Å². The van der Waals surface area contributed by atoms with E-state index in [0.717, 1.165) is 43.5 Å². The standard InChI is InChI=1S/C20H21F3N2O3S2/c1-29-18-10-9-16(13-17(18)19(26)25-11-3-2-4-12-25)30(27,28)24-15-7-5-14(6-8-15)20(21,22)23/h5-10,13,24H,2-4,11-12H2,1H3. The fourth-order valence-corrected chi connectivity index (χ4v) is 4.88. The highest BCUT2D eigenvalue weighted by molar-refractivity contribution is 7.98. The second-order valence-corrected chi connectivity index (χ2v) is 9.43. The number of nitrogens with one attached hydrogen (secondary N) is 1. The van der Waals surface area contributed by atoms with Gasteiger partial charge in [-0.3, -0.25) is 9.52 Å². The molecule has 1 heterocycles. The van der Waals surface area contributed by atoms with Crippen LogP contribution in [0.4, 0.5) is 18.9 Å². The molecule has 0 atom stereocenters. The second kappa shape index (κ2) is 8.89. The summed E-state index contributed by atoms with van der Waals surface area (Å²) in [6.07, 6.45) is 0.179. The predicted octanol–water partition coefficient (Wildman–Crippen LogP) is 4.85. The summed E-state index contributed by atoms with van der Waals surface area (Å²) in [7, 11) is -4.08. The lowest BCUT2D eigenvalue weighted by Crippen LogP contribution is -2.36. The first-order chi connectivity index (χ1) is 14.1. The fourth-order valence-electron chi connectivity index (χ4n) is 3.23.